The lowest BCUT2D eigenvalue weighted by Gasteiger charge is -2.07. The van der Waals surface area contributed by atoms with Gasteiger partial charge in [0.15, 0.2) is 0 Å². The molecule has 2 aromatic carbocycles. The van der Waals surface area contributed by atoms with Gasteiger partial charge in [0.05, 0.1) is 10.6 Å². The molecule has 4 nitrogen and oxygen atoms in total. The highest BCUT2D eigenvalue weighted by Gasteiger charge is 2.26. The summed E-state index contributed by atoms with van der Waals surface area (Å²) in [4.78, 5) is 12.5. The van der Waals surface area contributed by atoms with Crippen LogP contribution in [-0.4, -0.2) is 11.1 Å². The smallest absolute Gasteiger partial charge is 0.344 e. The number of rotatable bonds is 4. The molecule has 0 unspecified atom stereocenters. The number of hydrogen-bond acceptors (Lipinski definition) is 4. The summed E-state index contributed by atoms with van der Waals surface area (Å²) in [7, 11) is 0. The Kier molecular flexibility index (Phi) is 4.86. The van der Waals surface area contributed by atoms with Crippen molar-refractivity contribution in [3.8, 4) is 11.3 Å². The minimum Gasteiger partial charge on any atom is -0.457 e. The molecule has 1 aromatic heterocycles. The van der Waals surface area contributed by atoms with E-state index in [1.165, 1.54) is 18.2 Å². The normalized spacial score (nSPS) is 10.7. The third-order valence-electron chi connectivity index (χ3n) is 3.72. The molecule has 128 valence electrons. The number of ether oxygens (including phenoxy) is 1. The second kappa shape index (κ2) is 7.07. The van der Waals surface area contributed by atoms with Crippen LogP contribution >= 0.6 is 11.6 Å². The van der Waals surface area contributed by atoms with E-state index in [2.05, 4.69) is 5.16 Å². The van der Waals surface area contributed by atoms with Crippen molar-refractivity contribution in [2.24, 2.45) is 0 Å². The molecule has 0 bridgehead atoms. The number of carbonyl (C=O) groups is 1. The Morgan fingerprint density at radius 1 is 1.24 bits per heavy atom. The maximum absolute atomic E-state index is 14.2. The number of carbonyl (C=O) groups excluding carboxylic acids is 1. The summed E-state index contributed by atoms with van der Waals surface area (Å²) in [5.74, 6) is -0.994. The first-order valence-electron chi connectivity index (χ1n) is 7.60. The van der Waals surface area contributed by atoms with Gasteiger partial charge >= 0.3 is 5.97 Å². The Labute approximate surface area is 149 Å². The molecular formula is C19H15ClFNO3. The number of hydrogen-bond donors (Lipinski definition) is 0. The van der Waals surface area contributed by atoms with Gasteiger partial charge in [-0.2, -0.15) is 0 Å². The van der Waals surface area contributed by atoms with Crippen molar-refractivity contribution < 1.29 is 18.4 Å². The van der Waals surface area contributed by atoms with E-state index in [1.807, 2.05) is 31.2 Å². The predicted octanol–water partition coefficient (Wildman–Crippen LogP) is 5.11. The van der Waals surface area contributed by atoms with Gasteiger partial charge in [-0.25, -0.2) is 9.18 Å². The fourth-order valence-corrected chi connectivity index (χ4v) is 2.78. The first-order valence-corrected chi connectivity index (χ1v) is 7.98. The number of aromatic nitrogens is 1. The Bertz CT molecular complexity index is 916. The van der Waals surface area contributed by atoms with Gasteiger partial charge in [0.1, 0.15) is 29.4 Å². The molecular weight excluding hydrogens is 345 g/mol. The van der Waals surface area contributed by atoms with Crippen LogP contribution in [0.3, 0.4) is 0 Å². The number of nitrogens with zero attached hydrogens (tertiary/aromatic N) is 1. The number of aryl methyl sites for hydroxylation is 2. The largest absolute Gasteiger partial charge is 0.457 e. The van der Waals surface area contributed by atoms with Crippen molar-refractivity contribution in [3.05, 3.63) is 75.8 Å². The van der Waals surface area contributed by atoms with Crippen molar-refractivity contribution in [2.75, 3.05) is 0 Å². The zero-order valence-corrected chi connectivity index (χ0v) is 14.4. The molecule has 25 heavy (non-hydrogen) atoms. The lowest BCUT2D eigenvalue weighted by molar-refractivity contribution is 0.0471. The van der Waals surface area contributed by atoms with Crippen LogP contribution in [0.25, 0.3) is 11.3 Å². The van der Waals surface area contributed by atoms with E-state index in [0.717, 1.165) is 11.1 Å². The van der Waals surface area contributed by atoms with Gasteiger partial charge in [0, 0.05) is 0 Å². The monoisotopic (exact) mass is 359 g/mol. The quantitative estimate of drug-likeness (QED) is 0.607. The molecule has 0 aliphatic heterocycles. The van der Waals surface area contributed by atoms with Crippen molar-refractivity contribution in [1.82, 2.24) is 5.16 Å². The summed E-state index contributed by atoms with van der Waals surface area (Å²) in [5.41, 5.74) is 2.04. The molecule has 0 saturated carbocycles. The second-order valence-corrected chi connectivity index (χ2v) is 6.03. The first kappa shape index (κ1) is 17.2. The van der Waals surface area contributed by atoms with Crippen LogP contribution in [0.4, 0.5) is 4.39 Å². The Hall–Kier alpha value is -2.66. The van der Waals surface area contributed by atoms with Crippen LogP contribution in [0.1, 0.15) is 27.2 Å². The Morgan fingerprint density at radius 2 is 2.00 bits per heavy atom. The molecule has 3 rings (SSSR count). The molecule has 0 amide bonds. The fraction of sp³-hybridized carbons (Fsp3) is 0.158. The van der Waals surface area contributed by atoms with E-state index in [4.69, 9.17) is 20.9 Å². The maximum Gasteiger partial charge on any atom is 0.344 e. The molecule has 1 heterocycles. The minimum atomic E-state index is -0.644. The maximum atomic E-state index is 14.2. The summed E-state index contributed by atoms with van der Waals surface area (Å²) in [5, 5.41) is 3.94. The van der Waals surface area contributed by atoms with Gasteiger partial charge in [-0.1, -0.05) is 52.7 Å². The second-order valence-electron chi connectivity index (χ2n) is 5.62. The highest BCUT2D eigenvalue weighted by Crippen LogP contribution is 2.33. The van der Waals surface area contributed by atoms with Crippen molar-refractivity contribution >= 4 is 17.6 Å². The molecule has 0 radical (unpaired) electrons. The third-order valence-corrected chi connectivity index (χ3v) is 4.03. The van der Waals surface area contributed by atoms with Gasteiger partial charge < -0.3 is 9.26 Å². The van der Waals surface area contributed by atoms with Crippen LogP contribution in [0, 0.1) is 19.7 Å². The number of benzene rings is 2. The van der Waals surface area contributed by atoms with Crippen LogP contribution in [0.5, 0.6) is 0 Å². The van der Waals surface area contributed by atoms with Crippen LogP contribution in [-0.2, 0) is 11.3 Å². The minimum absolute atomic E-state index is 0.0172. The zero-order chi connectivity index (χ0) is 18.0. The van der Waals surface area contributed by atoms with Gasteiger partial charge in [0.25, 0.3) is 0 Å². The van der Waals surface area contributed by atoms with Gasteiger partial charge in [0.2, 0.25) is 0 Å². The summed E-state index contributed by atoms with van der Waals surface area (Å²) >= 11 is 6.07. The summed E-state index contributed by atoms with van der Waals surface area (Å²) in [6, 6.07) is 11.8. The van der Waals surface area contributed by atoms with Crippen LogP contribution in [0.15, 0.2) is 47.0 Å². The Balaban J connectivity index is 1.90. The fourth-order valence-electron chi connectivity index (χ4n) is 2.53. The molecule has 0 saturated heterocycles. The highest BCUT2D eigenvalue weighted by atomic mass is 35.5. The molecule has 0 spiro atoms. The molecule has 6 heteroatoms. The standard InChI is InChI=1S/C19H15ClFNO3/c1-11-5-3-6-13(9-11)10-24-19(23)16-12(2)25-22-18(16)17-14(20)7-4-8-15(17)21/h3-9H,10H2,1-2H3. The van der Waals surface area contributed by atoms with Gasteiger partial charge in [-0.05, 0) is 31.5 Å². The third kappa shape index (κ3) is 3.56. The van der Waals surface area contributed by atoms with Crippen LogP contribution in [0.2, 0.25) is 5.02 Å². The summed E-state index contributed by atoms with van der Waals surface area (Å²) < 4.78 is 24.6. The molecule has 3 aromatic rings. The van der Waals surface area contributed by atoms with Gasteiger partial charge in [-0.15, -0.1) is 0 Å². The average molecular weight is 360 g/mol. The van der Waals surface area contributed by atoms with Gasteiger partial charge in [-0.3, -0.25) is 0 Å². The predicted molar refractivity (Wildman–Crippen MR) is 91.9 cm³/mol. The lowest BCUT2D eigenvalue weighted by Crippen LogP contribution is -2.08. The highest BCUT2D eigenvalue weighted by molar-refractivity contribution is 6.33. The number of halogens is 2. The van der Waals surface area contributed by atoms with E-state index in [9.17, 15) is 9.18 Å². The van der Waals surface area contributed by atoms with Crippen molar-refractivity contribution in [1.29, 1.82) is 0 Å². The first-order chi connectivity index (χ1) is 12.0. The van der Waals surface area contributed by atoms with Crippen molar-refractivity contribution in [3.63, 3.8) is 0 Å². The SMILES string of the molecule is Cc1cccc(COC(=O)c2c(-c3c(F)cccc3Cl)noc2C)c1. The zero-order valence-electron chi connectivity index (χ0n) is 13.7. The number of esters is 1. The topological polar surface area (TPSA) is 52.3 Å². The molecule has 0 atom stereocenters. The average Bonchev–Trinajstić information content (AvgIpc) is 2.94. The van der Waals surface area contributed by atoms with E-state index in [-0.39, 0.29) is 34.2 Å². The Morgan fingerprint density at radius 3 is 2.72 bits per heavy atom. The van der Waals surface area contributed by atoms with E-state index in [1.54, 1.807) is 6.92 Å². The molecule has 0 aliphatic carbocycles. The molecule has 0 fully saturated rings. The van der Waals surface area contributed by atoms with Crippen molar-refractivity contribution in [2.45, 2.75) is 20.5 Å². The van der Waals surface area contributed by atoms with E-state index in [0.29, 0.717) is 0 Å². The molecule has 0 N–H and O–H groups in total. The van der Waals surface area contributed by atoms with Crippen LogP contribution < -0.4 is 0 Å². The molecule has 0 aliphatic rings. The lowest BCUT2D eigenvalue weighted by atomic mass is 10.1. The van der Waals surface area contributed by atoms with E-state index >= 15 is 0 Å². The summed E-state index contributed by atoms with van der Waals surface area (Å²) in [6.07, 6.45) is 0. The summed E-state index contributed by atoms with van der Waals surface area (Å²) in [6.45, 7) is 3.61. The van der Waals surface area contributed by atoms with E-state index < -0.39 is 11.8 Å².